The molecule has 0 fully saturated rings. The van der Waals surface area contributed by atoms with Crippen molar-refractivity contribution >= 4 is 120 Å². The van der Waals surface area contributed by atoms with Crippen LogP contribution in [0.3, 0.4) is 0 Å². The van der Waals surface area contributed by atoms with Crippen LogP contribution in [0.15, 0.2) is 176 Å². The Morgan fingerprint density at radius 3 is 1.63 bits per heavy atom. The summed E-state index contributed by atoms with van der Waals surface area (Å²) in [5.74, 6) is 0. The SMILES string of the molecule is CC(C)(C)c1ccc2c(c1)c1c3ccccc3cc3c4c5c6c7ccccc7cc7c8cc(C(C)(C)C)cc(-c9ccc%10c(c9)c9ccccc9n%10-c9ccccc9)c8n(c5ccc4n2c31)c76. The first-order valence-corrected chi connectivity index (χ1v) is 23.9. The Hall–Kier alpha value is -7.88. The van der Waals surface area contributed by atoms with E-state index in [4.69, 9.17) is 0 Å². The van der Waals surface area contributed by atoms with Crippen molar-refractivity contribution in [3.63, 3.8) is 0 Å². The van der Waals surface area contributed by atoms with Crippen LogP contribution in [0.25, 0.3) is 136 Å². The first-order chi connectivity index (χ1) is 32.5. The highest BCUT2D eigenvalue weighted by Gasteiger charge is 2.29. The van der Waals surface area contributed by atoms with Gasteiger partial charge in [0.2, 0.25) is 0 Å². The van der Waals surface area contributed by atoms with E-state index in [9.17, 15) is 0 Å². The predicted molar refractivity (Wildman–Crippen MR) is 288 cm³/mol. The normalized spacial score (nSPS) is 13.2. The van der Waals surface area contributed by atoms with E-state index < -0.39 is 0 Å². The predicted octanol–water partition coefficient (Wildman–Crippen LogP) is 17.7. The van der Waals surface area contributed by atoms with Gasteiger partial charge < -0.3 is 13.4 Å². The van der Waals surface area contributed by atoms with Gasteiger partial charge >= 0.3 is 0 Å². The van der Waals surface area contributed by atoms with Crippen molar-refractivity contribution in [2.45, 2.75) is 52.4 Å². The van der Waals surface area contributed by atoms with E-state index in [0.29, 0.717) is 0 Å². The summed E-state index contributed by atoms with van der Waals surface area (Å²) in [5, 5.41) is 18.3. The number of rotatable bonds is 2. The molecular weight excluding hydrogens is 811 g/mol. The number of hydrogen-bond donors (Lipinski definition) is 0. The van der Waals surface area contributed by atoms with Crippen molar-refractivity contribution in [3.8, 4) is 16.8 Å². The molecule has 5 aromatic heterocycles. The van der Waals surface area contributed by atoms with Crippen LogP contribution in [0.4, 0.5) is 0 Å². The number of fused-ring (bicyclic) bond motifs is 20. The Morgan fingerprint density at radius 2 is 0.881 bits per heavy atom. The average Bonchev–Trinajstić information content (AvgIpc) is 4.13. The Morgan fingerprint density at radius 1 is 0.313 bits per heavy atom. The van der Waals surface area contributed by atoms with E-state index in [1.807, 2.05) is 0 Å². The summed E-state index contributed by atoms with van der Waals surface area (Å²) >= 11 is 0. The van der Waals surface area contributed by atoms with Gasteiger partial charge in [-0.1, -0.05) is 139 Å². The van der Waals surface area contributed by atoms with Crippen LogP contribution in [-0.2, 0) is 10.8 Å². The number of aromatic nitrogens is 3. The van der Waals surface area contributed by atoms with Crippen LogP contribution in [0.1, 0.15) is 52.7 Å². The molecule has 67 heavy (non-hydrogen) atoms. The summed E-state index contributed by atoms with van der Waals surface area (Å²) in [5.41, 5.74) is 16.4. The molecule has 0 saturated heterocycles. The largest absolute Gasteiger partial charge is 0.309 e. The quantitative estimate of drug-likeness (QED) is 0.164. The maximum absolute atomic E-state index is 2.65. The Labute approximate surface area is 387 Å². The van der Waals surface area contributed by atoms with Gasteiger partial charge in [-0.2, -0.15) is 0 Å². The van der Waals surface area contributed by atoms with Crippen molar-refractivity contribution in [2.75, 3.05) is 0 Å². The Kier molecular flexibility index (Phi) is 6.97. The molecule has 0 radical (unpaired) electrons. The molecule has 0 aliphatic heterocycles. The van der Waals surface area contributed by atoms with Crippen LogP contribution in [0, 0.1) is 0 Å². The number of benzene rings is 10. The second-order valence-corrected chi connectivity index (χ2v) is 21.3. The molecule has 3 heteroatoms. The third-order valence-electron chi connectivity index (χ3n) is 15.5. The van der Waals surface area contributed by atoms with Gasteiger partial charge in [0.1, 0.15) is 0 Å². The van der Waals surface area contributed by atoms with E-state index >= 15 is 0 Å². The van der Waals surface area contributed by atoms with Crippen LogP contribution < -0.4 is 0 Å². The molecule has 0 aliphatic carbocycles. The molecule has 0 bridgehead atoms. The first-order valence-electron chi connectivity index (χ1n) is 23.9. The lowest BCUT2D eigenvalue weighted by atomic mass is 9.83. The molecule has 5 heterocycles. The second-order valence-electron chi connectivity index (χ2n) is 21.3. The number of hydrogen-bond acceptors (Lipinski definition) is 0. The fourth-order valence-corrected chi connectivity index (χ4v) is 12.4. The molecule has 0 atom stereocenters. The van der Waals surface area contributed by atoms with Gasteiger partial charge in [-0.25, -0.2) is 0 Å². The van der Waals surface area contributed by atoms with Gasteiger partial charge in [0.25, 0.3) is 0 Å². The molecule has 0 saturated carbocycles. The third-order valence-corrected chi connectivity index (χ3v) is 15.5. The molecule has 0 aliphatic rings. The molecular formula is C64H47N3. The molecule has 0 spiro atoms. The third kappa shape index (κ3) is 4.76. The minimum Gasteiger partial charge on any atom is -0.309 e. The highest BCUT2D eigenvalue weighted by atomic mass is 15.0. The van der Waals surface area contributed by atoms with Crippen molar-refractivity contribution < 1.29 is 0 Å². The highest BCUT2D eigenvalue weighted by molar-refractivity contribution is 6.41. The van der Waals surface area contributed by atoms with Crippen LogP contribution in [0.2, 0.25) is 0 Å². The van der Waals surface area contributed by atoms with Crippen LogP contribution in [-0.4, -0.2) is 13.4 Å². The lowest BCUT2D eigenvalue weighted by Crippen LogP contribution is -2.11. The maximum Gasteiger partial charge on any atom is 0.0627 e. The first kappa shape index (κ1) is 37.4. The summed E-state index contributed by atoms with van der Waals surface area (Å²) in [6.45, 7) is 14.0. The molecule has 318 valence electrons. The van der Waals surface area contributed by atoms with Gasteiger partial charge in [0.15, 0.2) is 0 Å². The van der Waals surface area contributed by atoms with Crippen LogP contribution >= 0.6 is 0 Å². The van der Waals surface area contributed by atoms with Gasteiger partial charge in [-0.05, 0) is 128 Å². The maximum atomic E-state index is 2.65. The minimum atomic E-state index is -0.0708. The van der Waals surface area contributed by atoms with Crippen molar-refractivity contribution in [1.82, 2.24) is 13.4 Å². The van der Waals surface area contributed by atoms with Gasteiger partial charge in [-0.15, -0.1) is 0 Å². The Balaban J connectivity index is 1.14. The van der Waals surface area contributed by atoms with E-state index in [2.05, 4.69) is 231 Å². The highest BCUT2D eigenvalue weighted by Crippen LogP contribution is 2.52. The number of para-hydroxylation sites is 2. The summed E-state index contributed by atoms with van der Waals surface area (Å²) in [7, 11) is 0. The molecule has 0 amide bonds. The van der Waals surface area contributed by atoms with E-state index in [1.54, 1.807) is 0 Å². The summed E-state index contributed by atoms with van der Waals surface area (Å²) < 4.78 is 7.66. The smallest absolute Gasteiger partial charge is 0.0627 e. The standard InChI is InChI=1S/C64H47N3/c1-63(2,3)39-25-27-53-49(33-39)56-42-20-12-10-17-37(42)32-50-57-54(66(53)62(50)56)28-29-55-59(57)58-43-21-13-11-16-36(43)31-47-48-35-40(64(4,5)6)34-45(60(48)67(55)61(47)58)38-24-26-52-46(30-38)44-22-14-15-23-51(44)65(52)41-18-8-7-9-19-41/h7-35H,1-6H3. The minimum absolute atomic E-state index is 0.0359. The van der Waals surface area contributed by atoms with Crippen LogP contribution in [0.5, 0.6) is 0 Å². The zero-order chi connectivity index (χ0) is 44.8. The molecule has 3 nitrogen and oxygen atoms in total. The monoisotopic (exact) mass is 857 g/mol. The fraction of sp³-hybridized carbons (Fsp3) is 0.125. The summed E-state index contributed by atoms with van der Waals surface area (Å²) in [6.07, 6.45) is 0. The zero-order valence-corrected chi connectivity index (χ0v) is 38.6. The van der Waals surface area contributed by atoms with Crippen molar-refractivity contribution in [2.24, 2.45) is 0 Å². The van der Waals surface area contributed by atoms with Gasteiger partial charge in [-0.3, -0.25) is 0 Å². The van der Waals surface area contributed by atoms with Gasteiger partial charge in [0, 0.05) is 65.1 Å². The number of nitrogens with zero attached hydrogens (tertiary/aromatic N) is 3. The summed E-state index contributed by atoms with van der Waals surface area (Å²) in [6, 6.07) is 67.0. The summed E-state index contributed by atoms with van der Waals surface area (Å²) in [4.78, 5) is 0. The van der Waals surface area contributed by atoms with Gasteiger partial charge in [0.05, 0.1) is 44.1 Å². The molecule has 10 aromatic carbocycles. The van der Waals surface area contributed by atoms with Crippen molar-refractivity contribution in [1.29, 1.82) is 0 Å². The van der Waals surface area contributed by atoms with E-state index in [-0.39, 0.29) is 10.8 Å². The molecule has 0 N–H and O–H groups in total. The van der Waals surface area contributed by atoms with E-state index in [1.165, 1.54) is 147 Å². The fourth-order valence-electron chi connectivity index (χ4n) is 12.4. The second kappa shape index (κ2) is 12.5. The molecule has 0 unspecified atom stereocenters. The molecule has 15 rings (SSSR count). The zero-order valence-electron chi connectivity index (χ0n) is 38.6. The average molecular weight is 858 g/mol. The Bertz CT molecular complexity index is 4620. The lowest BCUT2D eigenvalue weighted by Gasteiger charge is -2.21. The van der Waals surface area contributed by atoms with Crippen molar-refractivity contribution in [3.05, 3.63) is 187 Å². The van der Waals surface area contributed by atoms with E-state index in [0.717, 1.165) is 0 Å². The lowest BCUT2D eigenvalue weighted by molar-refractivity contribution is 0.591. The molecule has 15 aromatic rings. The topological polar surface area (TPSA) is 13.8 Å².